The monoisotopic (exact) mass is 372 g/mol. The molecule has 0 saturated heterocycles. The molecule has 2 aromatic rings. The molecule has 2 N–H and O–H groups in total. The van der Waals surface area contributed by atoms with E-state index in [4.69, 9.17) is 5.26 Å². The van der Waals surface area contributed by atoms with E-state index < -0.39 is 26.2 Å². The largest absolute Gasteiger partial charge is 0.465 e. The Bertz CT molecular complexity index is 940. The normalized spacial score (nSPS) is 14.1. The van der Waals surface area contributed by atoms with E-state index in [1.54, 1.807) is 39.0 Å². The predicted octanol–water partition coefficient (Wildman–Crippen LogP) is 3.50. The summed E-state index contributed by atoms with van der Waals surface area (Å²) in [5.41, 5.74) is -0.437. The number of nitrogens with zero attached hydrogens (tertiary/aromatic N) is 1. The molecule has 2 rings (SSSR count). The summed E-state index contributed by atoms with van der Waals surface area (Å²) in [6, 6.07) is 15.6. The minimum absolute atomic E-state index is 0.00744. The van der Waals surface area contributed by atoms with Crippen LogP contribution >= 0.6 is 0 Å². The Kier molecular flexibility index (Phi) is 5.10. The lowest BCUT2D eigenvalue weighted by Gasteiger charge is -2.44. The van der Waals surface area contributed by atoms with Gasteiger partial charge in [0, 0.05) is 5.41 Å². The number of carbonyl (C=O) groups is 1. The third-order valence-corrected chi connectivity index (χ3v) is 6.87. The Balaban J connectivity index is 2.88. The van der Waals surface area contributed by atoms with Gasteiger partial charge in [-0.1, -0.05) is 51.1 Å². The molecule has 7 heteroatoms. The Labute approximate surface area is 153 Å². The van der Waals surface area contributed by atoms with Crippen molar-refractivity contribution in [1.82, 2.24) is 5.32 Å². The molecular weight excluding hydrogens is 352 g/mol. The van der Waals surface area contributed by atoms with E-state index in [0.29, 0.717) is 5.56 Å². The van der Waals surface area contributed by atoms with Crippen molar-refractivity contribution in [2.75, 3.05) is 0 Å². The third-order valence-electron chi connectivity index (χ3n) is 4.22. The topological polar surface area (TPSA) is 107 Å². The van der Waals surface area contributed by atoms with E-state index in [-0.39, 0.29) is 10.5 Å². The minimum Gasteiger partial charge on any atom is -0.465 e. The van der Waals surface area contributed by atoms with Gasteiger partial charge in [-0.05, 0) is 29.8 Å². The van der Waals surface area contributed by atoms with Crippen LogP contribution in [0.25, 0.3) is 0 Å². The number of nitriles is 1. The molecule has 0 aliphatic heterocycles. The molecule has 0 aliphatic carbocycles. The highest BCUT2D eigenvalue weighted by Gasteiger charge is 2.56. The van der Waals surface area contributed by atoms with Crippen molar-refractivity contribution in [1.29, 1.82) is 5.26 Å². The van der Waals surface area contributed by atoms with E-state index in [2.05, 4.69) is 5.32 Å². The van der Waals surface area contributed by atoms with Crippen LogP contribution in [0.4, 0.5) is 4.79 Å². The maximum atomic E-state index is 13.6. The minimum atomic E-state index is -4.16. The summed E-state index contributed by atoms with van der Waals surface area (Å²) in [6.45, 7) is 4.96. The van der Waals surface area contributed by atoms with Gasteiger partial charge in [0.25, 0.3) is 0 Å². The Morgan fingerprint density at radius 1 is 1.04 bits per heavy atom. The summed E-state index contributed by atoms with van der Waals surface area (Å²) in [5.74, 6) is 0. The van der Waals surface area contributed by atoms with Gasteiger partial charge in [-0.25, -0.2) is 13.2 Å². The lowest BCUT2D eigenvalue weighted by molar-refractivity contribution is 0.160. The molecule has 0 bridgehead atoms. The second-order valence-corrected chi connectivity index (χ2v) is 8.96. The van der Waals surface area contributed by atoms with Crippen molar-refractivity contribution in [2.45, 2.75) is 30.5 Å². The van der Waals surface area contributed by atoms with E-state index in [1.807, 2.05) is 6.07 Å². The Morgan fingerprint density at radius 2 is 1.58 bits per heavy atom. The molecule has 1 amide bonds. The van der Waals surface area contributed by atoms with Gasteiger partial charge in [-0.2, -0.15) is 5.26 Å². The summed E-state index contributed by atoms with van der Waals surface area (Å²) < 4.78 is 27.2. The molecule has 0 heterocycles. The van der Waals surface area contributed by atoms with Gasteiger partial charge in [0.2, 0.25) is 9.84 Å². The maximum Gasteiger partial charge on any atom is 0.406 e. The van der Waals surface area contributed by atoms with Crippen LogP contribution in [0.2, 0.25) is 0 Å². The molecule has 0 aliphatic rings. The molecule has 6 nitrogen and oxygen atoms in total. The van der Waals surface area contributed by atoms with Gasteiger partial charge in [0.05, 0.1) is 16.5 Å². The summed E-state index contributed by atoms with van der Waals surface area (Å²) >= 11 is 0. The number of amides is 1. The number of nitrogens with one attached hydrogen (secondary N) is 1. The fourth-order valence-corrected chi connectivity index (χ4v) is 5.37. The predicted molar refractivity (Wildman–Crippen MR) is 97.1 cm³/mol. The zero-order valence-corrected chi connectivity index (χ0v) is 15.5. The van der Waals surface area contributed by atoms with Crippen LogP contribution in [0.3, 0.4) is 0 Å². The van der Waals surface area contributed by atoms with Gasteiger partial charge < -0.3 is 5.11 Å². The first-order valence-electron chi connectivity index (χ1n) is 7.87. The highest BCUT2D eigenvalue weighted by atomic mass is 32.2. The van der Waals surface area contributed by atoms with Crippen LogP contribution in [0.1, 0.15) is 31.9 Å². The fraction of sp³-hybridized carbons (Fsp3) is 0.263. The molecule has 0 saturated carbocycles. The lowest BCUT2D eigenvalue weighted by atomic mass is 9.81. The summed E-state index contributed by atoms with van der Waals surface area (Å²) in [6.07, 6.45) is -1.45. The average molecular weight is 372 g/mol. The van der Waals surface area contributed by atoms with Gasteiger partial charge in [0.1, 0.15) is 0 Å². The summed E-state index contributed by atoms with van der Waals surface area (Å²) in [5, 5.41) is 20.7. The van der Waals surface area contributed by atoms with E-state index in [9.17, 15) is 18.3 Å². The molecule has 0 aromatic heterocycles. The van der Waals surface area contributed by atoms with Crippen LogP contribution < -0.4 is 5.32 Å². The van der Waals surface area contributed by atoms with Crippen LogP contribution in [0.5, 0.6) is 0 Å². The highest BCUT2D eigenvalue weighted by Crippen LogP contribution is 2.46. The zero-order valence-electron chi connectivity index (χ0n) is 14.7. The molecule has 26 heavy (non-hydrogen) atoms. The molecule has 0 fully saturated rings. The van der Waals surface area contributed by atoms with Crippen molar-refractivity contribution >= 4 is 15.9 Å². The molecule has 2 aromatic carbocycles. The number of hydrogen-bond donors (Lipinski definition) is 2. The third kappa shape index (κ3) is 3.16. The van der Waals surface area contributed by atoms with E-state index in [1.165, 1.54) is 36.4 Å². The van der Waals surface area contributed by atoms with Crippen molar-refractivity contribution in [2.24, 2.45) is 5.41 Å². The first-order valence-corrected chi connectivity index (χ1v) is 9.36. The first kappa shape index (κ1) is 19.5. The van der Waals surface area contributed by atoms with Gasteiger partial charge in [0.15, 0.2) is 4.87 Å². The molecule has 1 atom stereocenters. The highest BCUT2D eigenvalue weighted by molar-refractivity contribution is 7.92. The number of hydrogen-bond acceptors (Lipinski definition) is 4. The molecular formula is C19H20N2O4S. The summed E-state index contributed by atoms with van der Waals surface area (Å²) in [7, 11) is -4.16. The number of benzene rings is 2. The fourth-order valence-electron chi connectivity index (χ4n) is 3.02. The zero-order chi connectivity index (χ0) is 19.6. The second kappa shape index (κ2) is 6.81. The molecule has 0 spiro atoms. The quantitative estimate of drug-likeness (QED) is 0.854. The summed E-state index contributed by atoms with van der Waals surface area (Å²) in [4.78, 5) is 9.67. The van der Waals surface area contributed by atoms with Crippen molar-refractivity contribution in [3.63, 3.8) is 0 Å². The standard InChI is InChI=1S/C19H20N2O4S/c1-18(2,3)19(21-17(22)23,15-11-9-14(13-20)10-12-15)26(24,25)16-7-5-4-6-8-16/h4-12,21H,1-3H3,(H,22,23). The number of rotatable bonds is 4. The van der Waals surface area contributed by atoms with Crippen molar-refractivity contribution < 1.29 is 18.3 Å². The Hall–Kier alpha value is -2.85. The van der Waals surface area contributed by atoms with Crippen LogP contribution in [0, 0.1) is 16.7 Å². The lowest BCUT2D eigenvalue weighted by Crippen LogP contribution is -2.59. The van der Waals surface area contributed by atoms with Crippen LogP contribution in [-0.2, 0) is 14.7 Å². The number of sulfone groups is 1. The van der Waals surface area contributed by atoms with E-state index in [0.717, 1.165) is 0 Å². The van der Waals surface area contributed by atoms with Crippen molar-refractivity contribution in [3.05, 3.63) is 65.7 Å². The van der Waals surface area contributed by atoms with Gasteiger partial charge >= 0.3 is 6.09 Å². The second-order valence-electron chi connectivity index (χ2n) is 6.87. The van der Waals surface area contributed by atoms with Gasteiger partial charge in [-0.3, -0.25) is 5.32 Å². The molecule has 0 radical (unpaired) electrons. The molecule has 136 valence electrons. The maximum absolute atomic E-state index is 13.6. The van der Waals surface area contributed by atoms with Crippen molar-refractivity contribution in [3.8, 4) is 6.07 Å². The van der Waals surface area contributed by atoms with Gasteiger partial charge in [-0.15, -0.1) is 0 Å². The van der Waals surface area contributed by atoms with Crippen LogP contribution in [-0.4, -0.2) is 19.6 Å². The Morgan fingerprint density at radius 3 is 2.00 bits per heavy atom. The average Bonchev–Trinajstić information content (AvgIpc) is 2.59. The van der Waals surface area contributed by atoms with Crippen LogP contribution in [0.15, 0.2) is 59.5 Å². The molecule has 1 unspecified atom stereocenters. The van der Waals surface area contributed by atoms with E-state index >= 15 is 0 Å². The number of carboxylic acid groups (broad SMARTS) is 1. The SMILES string of the molecule is CC(C)(C)C(NC(=O)O)(c1ccc(C#N)cc1)S(=O)(=O)c1ccccc1. The first-order chi connectivity index (χ1) is 12.1. The smallest absolute Gasteiger partial charge is 0.406 e.